The van der Waals surface area contributed by atoms with Gasteiger partial charge in [0.1, 0.15) is 0 Å². The Kier molecular flexibility index (Phi) is 11.0. The van der Waals surface area contributed by atoms with Gasteiger partial charge in [-0.25, -0.2) is 0 Å². The summed E-state index contributed by atoms with van der Waals surface area (Å²) in [5.74, 6) is 0. The highest BCUT2D eigenvalue weighted by Crippen LogP contribution is 2.36. The Bertz CT molecular complexity index is 884. The molecule has 0 heterocycles. The van der Waals surface area contributed by atoms with E-state index in [0.717, 1.165) is 24.8 Å². The molecule has 31 heavy (non-hydrogen) atoms. The first-order valence-electron chi connectivity index (χ1n) is 11.2. The van der Waals surface area contributed by atoms with E-state index in [1.165, 1.54) is 27.8 Å². The van der Waals surface area contributed by atoms with E-state index in [2.05, 4.69) is 103 Å². The lowest BCUT2D eigenvalue weighted by atomic mass is 9.73. The first kappa shape index (κ1) is 26.4. The van der Waals surface area contributed by atoms with Crippen LogP contribution in [0, 0.1) is 20.8 Å². The van der Waals surface area contributed by atoms with Crippen molar-refractivity contribution >= 4 is 6.72 Å². The lowest BCUT2D eigenvalue weighted by Gasteiger charge is -2.32. The van der Waals surface area contributed by atoms with Crippen molar-refractivity contribution in [2.24, 2.45) is 4.99 Å². The van der Waals surface area contributed by atoms with Gasteiger partial charge in [0, 0.05) is 5.41 Å². The molecule has 0 aliphatic carbocycles. The molecule has 0 bridgehead atoms. The summed E-state index contributed by atoms with van der Waals surface area (Å²) in [5.41, 5.74) is 7.48. The molecular weight excluding hydrogens is 374 g/mol. The van der Waals surface area contributed by atoms with Crippen molar-refractivity contribution < 1.29 is 0 Å². The highest BCUT2D eigenvalue weighted by molar-refractivity contribution is 5.42. The largest absolute Gasteiger partial charge is 0.293 e. The Labute approximate surface area is 191 Å². The average Bonchev–Trinajstić information content (AvgIpc) is 2.75. The van der Waals surface area contributed by atoms with Crippen molar-refractivity contribution in [1.29, 1.82) is 0 Å². The normalized spacial score (nSPS) is 12.4. The van der Waals surface area contributed by atoms with Gasteiger partial charge < -0.3 is 0 Å². The minimum absolute atomic E-state index is 0.0333. The van der Waals surface area contributed by atoms with E-state index in [1.54, 1.807) is 0 Å². The second kappa shape index (κ2) is 12.9. The number of aryl methyl sites for hydroxylation is 3. The minimum atomic E-state index is -0.101. The molecule has 0 amide bonds. The highest BCUT2D eigenvalue weighted by atomic mass is 14.7. The predicted molar refractivity (Wildman–Crippen MR) is 140 cm³/mol. The molecule has 1 unspecified atom stereocenters. The van der Waals surface area contributed by atoms with E-state index in [9.17, 15) is 0 Å². The lowest BCUT2D eigenvalue weighted by Crippen LogP contribution is -2.24. The highest BCUT2D eigenvalue weighted by Gasteiger charge is 2.28. The minimum Gasteiger partial charge on any atom is -0.293 e. The summed E-state index contributed by atoms with van der Waals surface area (Å²) >= 11 is 0. The fourth-order valence-electron chi connectivity index (χ4n) is 3.58. The summed E-state index contributed by atoms with van der Waals surface area (Å²) in [5, 5.41) is 0. The molecule has 0 spiro atoms. The van der Waals surface area contributed by atoms with Crippen molar-refractivity contribution in [2.75, 3.05) is 0 Å². The van der Waals surface area contributed by atoms with Crippen LogP contribution in [0.25, 0.3) is 0 Å². The summed E-state index contributed by atoms with van der Waals surface area (Å²) < 4.78 is 0. The Balaban J connectivity index is 0.000000577. The SMILES string of the molecule is C=C/C(=C\CCC)C(CC(=C)C(C)(C)c1cc(C)ccc1C)N=C.Cc1ccccc1. The van der Waals surface area contributed by atoms with Gasteiger partial charge in [-0.05, 0) is 57.0 Å². The van der Waals surface area contributed by atoms with Crippen molar-refractivity contribution in [3.63, 3.8) is 0 Å². The third-order valence-electron chi connectivity index (χ3n) is 5.84. The molecule has 0 fully saturated rings. The summed E-state index contributed by atoms with van der Waals surface area (Å²) in [6, 6.07) is 16.9. The molecule has 0 radical (unpaired) electrons. The number of hydrogen-bond acceptors (Lipinski definition) is 1. The number of aliphatic imine (C=N–C) groups is 1. The van der Waals surface area contributed by atoms with Crippen LogP contribution >= 0.6 is 0 Å². The van der Waals surface area contributed by atoms with Crippen molar-refractivity contribution in [3.05, 3.63) is 107 Å². The zero-order chi connectivity index (χ0) is 23.4. The van der Waals surface area contributed by atoms with E-state index < -0.39 is 0 Å². The zero-order valence-corrected chi connectivity index (χ0v) is 20.5. The maximum absolute atomic E-state index is 4.41. The molecule has 0 saturated heterocycles. The van der Waals surface area contributed by atoms with Crippen LogP contribution in [0.15, 0.2) is 90.0 Å². The van der Waals surface area contributed by atoms with Crippen molar-refractivity contribution in [1.82, 2.24) is 0 Å². The first-order valence-corrected chi connectivity index (χ1v) is 11.2. The van der Waals surface area contributed by atoms with Crippen LogP contribution in [0.1, 0.15) is 62.3 Å². The average molecular weight is 416 g/mol. The quantitative estimate of drug-likeness (QED) is 0.221. The van der Waals surface area contributed by atoms with Crippen molar-refractivity contribution in [3.8, 4) is 0 Å². The second-order valence-corrected chi connectivity index (χ2v) is 8.80. The molecule has 0 aromatic heterocycles. The van der Waals surface area contributed by atoms with Crippen LogP contribution in [-0.4, -0.2) is 12.8 Å². The first-order chi connectivity index (χ1) is 14.7. The zero-order valence-electron chi connectivity index (χ0n) is 20.5. The van der Waals surface area contributed by atoms with E-state index in [4.69, 9.17) is 0 Å². The molecule has 2 aromatic rings. The van der Waals surface area contributed by atoms with Gasteiger partial charge in [-0.3, -0.25) is 4.99 Å². The van der Waals surface area contributed by atoms with E-state index in [0.29, 0.717) is 0 Å². The summed E-state index contributed by atoms with van der Waals surface area (Å²) in [4.78, 5) is 4.35. The van der Waals surface area contributed by atoms with Crippen LogP contribution in [0.4, 0.5) is 0 Å². The molecule has 166 valence electrons. The van der Waals surface area contributed by atoms with Gasteiger partial charge in [-0.2, -0.15) is 0 Å². The Hall–Kier alpha value is -2.67. The molecule has 0 N–H and O–H groups in total. The van der Waals surface area contributed by atoms with E-state index in [1.807, 2.05) is 24.3 Å². The molecule has 2 rings (SSSR count). The van der Waals surface area contributed by atoms with E-state index in [-0.39, 0.29) is 11.5 Å². The van der Waals surface area contributed by atoms with Gasteiger partial charge in [-0.1, -0.05) is 118 Å². The van der Waals surface area contributed by atoms with Crippen LogP contribution in [0.3, 0.4) is 0 Å². The van der Waals surface area contributed by atoms with Gasteiger partial charge in [0.05, 0.1) is 6.04 Å². The summed E-state index contributed by atoms with van der Waals surface area (Å²) in [6.45, 7) is 25.2. The smallest absolute Gasteiger partial charge is 0.0775 e. The Morgan fingerprint density at radius 3 is 2.16 bits per heavy atom. The van der Waals surface area contributed by atoms with Gasteiger partial charge in [0.2, 0.25) is 0 Å². The fraction of sp³-hybridized carbons (Fsp3) is 0.367. The number of benzene rings is 2. The van der Waals surface area contributed by atoms with Crippen LogP contribution in [-0.2, 0) is 5.41 Å². The summed E-state index contributed by atoms with van der Waals surface area (Å²) in [6.07, 6.45) is 7.10. The number of nitrogens with zero attached hydrogens (tertiary/aromatic N) is 1. The molecule has 1 nitrogen and oxygen atoms in total. The predicted octanol–water partition coefficient (Wildman–Crippen LogP) is 8.50. The Morgan fingerprint density at radius 2 is 1.68 bits per heavy atom. The van der Waals surface area contributed by atoms with Crippen LogP contribution in [0.2, 0.25) is 0 Å². The van der Waals surface area contributed by atoms with Crippen molar-refractivity contribution in [2.45, 2.75) is 72.3 Å². The molecule has 2 aromatic carbocycles. The molecule has 0 saturated carbocycles. The number of allylic oxidation sites excluding steroid dienone is 1. The maximum atomic E-state index is 4.41. The van der Waals surface area contributed by atoms with Gasteiger partial charge in [0.15, 0.2) is 0 Å². The number of hydrogen-bond donors (Lipinski definition) is 0. The third-order valence-corrected chi connectivity index (χ3v) is 5.84. The fourth-order valence-corrected chi connectivity index (χ4v) is 3.58. The molecule has 1 heteroatoms. The molecule has 1 atom stereocenters. The monoisotopic (exact) mass is 415 g/mol. The van der Waals surface area contributed by atoms with Gasteiger partial charge in [-0.15, -0.1) is 0 Å². The van der Waals surface area contributed by atoms with Crippen LogP contribution < -0.4 is 0 Å². The lowest BCUT2D eigenvalue weighted by molar-refractivity contribution is 0.572. The van der Waals surface area contributed by atoms with Gasteiger partial charge in [0.25, 0.3) is 0 Å². The number of rotatable bonds is 9. The molecule has 0 aliphatic rings. The van der Waals surface area contributed by atoms with Gasteiger partial charge >= 0.3 is 0 Å². The third kappa shape index (κ3) is 8.17. The summed E-state index contributed by atoms with van der Waals surface area (Å²) in [7, 11) is 0. The topological polar surface area (TPSA) is 12.4 Å². The molecule has 0 aliphatic heterocycles. The van der Waals surface area contributed by atoms with Crippen LogP contribution in [0.5, 0.6) is 0 Å². The number of unbranched alkanes of at least 4 members (excludes halogenated alkanes) is 1. The van der Waals surface area contributed by atoms with E-state index >= 15 is 0 Å². The standard InChI is InChI=1S/C23H33N.C7H8/c1-9-11-12-20(10-2)22(24-8)16-19(5)23(6,7)21-15-17(3)13-14-18(21)4;1-7-5-3-2-4-6-7/h10,12-15,22H,2,5,8-9,11,16H2,1,3-4,6-7H3;2-6H,1H3/b20-12+;. The maximum Gasteiger partial charge on any atom is 0.0775 e. The Morgan fingerprint density at radius 1 is 1.03 bits per heavy atom. The molecular formula is C30H41N. The second-order valence-electron chi connectivity index (χ2n) is 8.80.